The lowest BCUT2D eigenvalue weighted by Gasteiger charge is -2.35. The zero-order chi connectivity index (χ0) is 18.4. The Morgan fingerprint density at radius 2 is 1.67 bits per heavy atom. The molecule has 1 unspecified atom stereocenters. The molecule has 0 aromatic rings. The van der Waals surface area contributed by atoms with E-state index in [0.717, 1.165) is 0 Å². The normalized spacial score (nSPS) is 18.1. The second-order valence-electron chi connectivity index (χ2n) is 7.16. The molecule has 9 heteroatoms. The molecule has 1 heterocycles. The van der Waals surface area contributed by atoms with Crippen LogP contribution in [0.15, 0.2) is 0 Å². The average Bonchev–Trinajstić information content (AvgIpc) is 2.43. The van der Waals surface area contributed by atoms with E-state index in [2.05, 4.69) is 16.0 Å². The van der Waals surface area contributed by atoms with Crippen molar-refractivity contribution >= 4 is 11.8 Å². The molecule has 0 aromatic heterocycles. The molecular formula is C15H27F3N4O2. The van der Waals surface area contributed by atoms with E-state index >= 15 is 0 Å². The van der Waals surface area contributed by atoms with Crippen molar-refractivity contribution in [1.82, 2.24) is 20.9 Å². The van der Waals surface area contributed by atoms with Gasteiger partial charge in [0.15, 0.2) is 0 Å². The van der Waals surface area contributed by atoms with Crippen LogP contribution in [0.5, 0.6) is 0 Å². The Bertz CT molecular complexity index is 429. The van der Waals surface area contributed by atoms with Gasteiger partial charge < -0.3 is 16.0 Å². The molecule has 0 aromatic carbocycles. The molecule has 1 rings (SSSR count). The highest BCUT2D eigenvalue weighted by Gasteiger charge is 2.43. The lowest BCUT2D eigenvalue weighted by Crippen LogP contribution is -2.58. The second-order valence-corrected chi connectivity index (χ2v) is 7.16. The summed E-state index contributed by atoms with van der Waals surface area (Å²) in [5.41, 5.74) is -0.218. The fourth-order valence-electron chi connectivity index (χ4n) is 2.44. The number of alkyl halides is 3. The van der Waals surface area contributed by atoms with Gasteiger partial charge in [-0.3, -0.25) is 14.5 Å². The van der Waals surface area contributed by atoms with Crippen LogP contribution in [0.1, 0.15) is 27.2 Å². The monoisotopic (exact) mass is 352 g/mol. The molecule has 0 saturated carbocycles. The van der Waals surface area contributed by atoms with Gasteiger partial charge in [-0.1, -0.05) is 20.8 Å². The third-order valence-corrected chi connectivity index (χ3v) is 3.60. The number of rotatable bonds is 6. The van der Waals surface area contributed by atoms with Crippen molar-refractivity contribution in [3.05, 3.63) is 0 Å². The van der Waals surface area contributed by atoms with E-state index in [9.17, 15) is 22.8 Å². The second kappa shape index (κ2) is 8.66. The minimum atomic E-state index is -4.42. The summed E-state index contributed by atoms with van der Waals surface area (Å²) in [6.45, 7) is 6.35. The van der Waals surface area contributed by atoms with Crippen LogP contribution in [0.4, 0.5) is 13.2 Å². The van der Waals surface area contributed by atoms with E-state index < -0.39 is 24.7 Å². The highest BCUT2D eigenvalue weighted by atomic mass is 19.4. The van der Waals surface area contributed by atoms with Gasteiger partial charge in [0.2, 0.25) is 11.8 Å². The van der Waals surface area contributed by atoms with Crippen molar-refractivity contribution in [1.29, 1.82) is 0 Å². The Morgan fingerprint density at radius 1 is 1.08 bits per heavy atom. The van der Waals surface area contributed by atoms with Gasteiger partial charge in [-0.15, -0.1) is 0 Å². The molecule has 6 nitrogen and oxygen atoms in total. The molecule has 3 N–H and O–H groups in total. The summed E-state index contributed by atoms with van der Waals surface area (Å²) >= 11 is 0. The molecule has 0 spiro atoms. The summed E-state index contributed by atoms with van der Waals surface area (Å²) in [5, 5.41) is 7.69. The summed E-state index contributed by atoms with van der Waals surface area (Å²) in [4.78, 5) is 24.6. The number of carbonyl (C=O) groups is 2. The summed E-state index contributed by atoms with van der Waals surface area (Å²) in [7, 11) is 0. The third kappa shape index (κ3) is 7.96. The van der Waals surface area contributed by atoms with E-state index in [1.807, 2.05) is 20.8 Å². The molecule has 1 atom stereocenters. The largest absolute Gasteiger partial charge is 0.405 e. The highest BCUT2D eigenvalue weighted by Crippen LogP contribution is 2.24. The first kappa shape index (κ1) is 20.7. The van der Waals surface area contributed by atoms with Crippen LogP contribution in [0.2, 0.25) is 0 Å². The Morgan fingerprint density at radius 3 is 2.17 bits per heavy atom. The van der Waals surface area contributed by atoms with E-state index in [4.69, 9.17) is 0 Å². The van der Waals surface area contributed by atoms with Gasteiger partial charge in [0.25, 0.3) is 0 Å². The van der Waals surface area contributed by atoms with Crippen molar-refractivity contribution in [3.63, 3.8) is 0 Å². The molecule has 2 amide bonds. The zero-order valence-corrected chi connectivity index (χ0v) is 14.4. The predicted octanol–water partition coefficient (Wildman–Crippen LogP) is 0.491. The number of hydrogen-bond donors (Lipinski definition) is 3. The lowest BCUT2D eigenvalue weighted by atomic mass is 9.92. The van der Waals surface area contributed by atoms with Gasteiger partial charge in [-0.05, 0) is 5.41 Å². The van der Waals surface area contributed by atoms with Gasteiger partial charge in [-0.2, -0.15) is 13.2 Å². The first-order valence-corrected chi connectivity index (χ1v) is 8.04. The Hall–Kier alpha value is -1.35. The zero-order valence-electron chi connectivity index (χ0n) is 14.4. The maximum Gasteiger partial charge on any atom is 0.405 e. The molecule has 0 radical (unpaired) electrons. The van der Waals surface area contributed by atoms with Crippen LogP contribution in [-0.2, 0) is 9.59 Å². The molecule has 1 fully saturated rings. The number of hydrogen-bond acceptors (Lipinski definition) is 4. The standard InChI is InChI=1S/C15H27F3N4O2/c1-14(2,3)8-12(23)21-10-13(24)20-9-11(15(16,17)18)22-6-4-19-5-7-22/h11,19H,4-10H2,1-3H3,(H,20,24)(H,21,23). The van der Waals surface area contributed by atoms with Crippen molar-refractivity contribution in [2.45, 2.75) is 39.4 Å². The summed E-state index contributed by atoms with van der Waals surface area (Å²) in [6, 6.07) is -1.71. The molecular weight excluding hydrogens is 325 g/mol. The minimum absolute atomic E-state index is 0.218. The average molecular weight is 352 g/mol. The Kier molecular flexibility index (Phi) is 7.47. The number of carbonyl (C=O) groups excluding carboxylic acids is 2. The fourth-order valence-corrected chi connectivity index (χ4v) is 2.44. The van der Waals surface area contributed by atoms with Crippen LogP contribution in [0.3, 0.4) is 0 Å². The maximum atomic E-state index is 13.2. The van der Waals surface area contributed by atoms with Crippen LogP contribution < -0.4 is 16.0 Å². The first-order chi connectivity index (χ1) is 11.0. The van der Waals surface area contributed by atoms with Crippen LogP contribution in [0.25, 0.3) is 0 Å². The Balaban J connectivity index is 2.43. The topological polar surface area (TPSA) is 73.5 Å². The fraction of sp³-hybridized carbons (Fsp3) is 0.867. The van der Waals surface area contributed by atoms with Gasteiger partial charge >= 0.3 is 6.18 Å². The van der Waals surface area contributed by atoms with Gasteiger partial charge in [-0.25, -0.2) is 0 Å². The quantitative estimate of drug-likeness (QED) is 0.651. The van der Waals surface area contributed by atoms with Crippen molar-refractivity contribution in [2.75, 3.05) is 39.3 Å². The van der Waals surface area contributed by atoms with E-state index in [1.54, 1.807) is 0 Å². The molecule has 0 bridgehead atoms. The van der Waals surface area contributed by atoms with Crippen molar-refractivity contribution < 1.29 is 22.8 Å². The molecule has 0 aliphatic carbocycles. The number of halogens is 3. The molecule has 140 valence electrons. The first-order valence-electron chi connectivity index (χ1n) is 8.04. The molecule has 1 aliphatic rings. The minimum Gasteiger partial charge on any atom is -0.353 e. The SMILES string of the molecule is CC(C)(C)CC(=O)NCC(=O)NCC(N1CCNCC1)C(F)(F)F. The summed E-state index contributed by atoms with van der Waals surface area (Å²) in [5.74, 6) is -0.922. The van der Waals surface area contributed by atoms with E-state index in [0.29, 0.717) is 13.1 Å². The number of piperazine rings is 1. The number of amides is 2. The maximum absolute atomic E-state index is 13.2. The molecule has 1 saturated heterocycles. The highest BCUT2D eigenvalue weighted by molar-refractivity contribution is 5.84. The molecule has 1 aliphatic heterocycles. The van der Waals surface area contributed by atoms with E-state index in [-0.39, 0.29) is 37.4 Å². The molecule has 24 heavy (non-hydrogen) atoms. The number of nitrogens with zero attached hydrogens (tertiary/aromatic N) is 1. The lowest BCUT2D eigenvalue weighted by molar-refractivity contribution is -0.184. The van der Waals surface area contributed by atoms with Crippen LogP contribution >= 0.6 is 0 Å². The van der Waals surface area contributed by atoms with Gasteiger partial charge in [0, 0.05) is 39.1 Å². The van der Waals surface area contributed by atoms with Gasteiger partial charge in [0.05, 0.1) is 6.54 Å². The number of nitrogens with one attached hydrogen (secondary N) is 3. The van der Waals surface area contributed by atoms with Gasteiger partial charge in [0.1, 0.15) is 6.04 Å². The van der Waals surface area contributed by atoms with E-state index in [1.165, 1.54) is 4.90 Å². The van der Waals surface area contributed by atoms with Crippen molar-refractivity contribution in [2.24, 2.45) is 5.41 Å². The smallest absolute Gasteiger partial charge is 0.353 e. The predicted molar refractivity (Wildman–Crippen MR) is 84.4 cm³/mol. The third-order valence-electron chi connectivity index (χ3n) is 3.60. The summed E-state index contributed by atoms with van der Waals surface area (Å²) < 4.78 is 39.5. The van der Waals surface area contributed by atoms with Crippen LogP contribution in [0, 0.1) is 5.41 Å². The Labute approximate surface area is 140 Å². The van der Waals surface area contributed by atoms with Crippen molar-refractivity contribution in [3.8, 4) is 0 Å². The summed E-state index contributed by atoms with van der Waals surface area (Å²) in [6.07, 6.45) is -4.17. The van der Waals surface area contributed by atoms with Crippen LogP contribution in [-0.4, -0.2) is 68.2 Å².